The molecule has 1 amide bonds. The fourth-order valence-electron chi connectivity index (χ4n) is 2.88. The number of halogens is 3. The quantitative estimate of drug-likeness (QED) is 0.281. The molecule has 0 bridgehead atoms. The molecule has 0 spiro atoms. The van der Waals surface area contributed by atoms with Crippen LogP contribution in [-0.2, 0) is 17.8 Å². The Morgan fingerprint density at radius 3 is 2.38 bits per heavy atom. The summed E-state index contributed by atoms with van der Waals surface area (Å²) in [6.45, 7) is 2.27. The molecule has 3 rings (SSSR count). The minimum Gasteiger partial charge on any atom is -0.488 e. The Balaban J connectivity index is 1.81. The standard InChI is InChI=1S/C25H19Cl3N2O2/c1-2-16-3-7-21(8-4-16)30-25(31)19(14-29)12-18-13-20(26)6-10-24(18)32-15-17-5-9-22(27)23(28)11-17/h3-13H,2,15H2,1H3,(H,30,31)/b19-12+. The first-order valence-corrected chi connectivity index (χ1v) is 10.9. The highest BCUT2D eigenvalue weighted by Crippen LogP contribution is 2.28. The zero-order valence-corrected chi connectivity index (χ0v) is 19.4. The molecule has 0 aliphatic carbocycles. The number of anilines is 1. The van der Waals surface area contributed by atoms with E-state index in [2.05, 4.69) is 12.2 Å². The first-order chi connectivity index (χ1) is 15.4. The average molecular weight is 486 g/mol. The van der Waals surface area contributed by atoms with E-state index in [1.165, 1.54) is 6.08 Å². The summed E-state index contributed by atoms with van der Waals surface area (Å²) >= 11 is 18.1. The molecule has 0 aromatic heterocycles. The smallest absolute Gasteiger partial charge is 0.266 e. The van der Waals surface area contributed by atoms with E-state index in [0.717, 1.165) is 17.5 Å². The lowest BCUT2D eigenvalue weighted by Crippen LogP contribution is -2.13. The van der Waals surface area contributed by atoms with Crippen molar-refractivity contribution in [2.75, 3.05) is 5.32 Å². The Kier molecular flexibility index (Phi) is 8.19. The molecule has 0 aliphatic heterocycles. The highest BCUT2D eigenvalue weighted by molar-refractivity contribution is 6.42. The van der Waals surface area contributed by atoms with Crippen molar-refractivity contribution in [1.82, 2.24) is 0 Å². The minimum atomic E-state index is -0.521. The summed E-state index contributed by atoms with van der Waals surface area (Å²) in [6, 6.07) is 19.6. The normalized spacial score (nSPS) is 11.0. The first-order valence-electron chi connectivity index (χ1n) is 9.78. The van der Waals surface area contributed by atoms with E-state index in [-0.39, 0.29) is 12.2 Å². The molecule has 1 N–H and O–H groups in total. The van der Waals surface area contributed by atoms with E-state index in [1.807, 2.05) is 18.2 Å². The predicted octanol–water partition coefficient (Wildman–Crippen LogP) is 7.33. The van der Waals surface area contributed by atoms with Crippen LogP contribution in [-0.4, -0.2) is 5.91 Å². The second-order valence-corrected chi connectivity index (χ2v) is 8.14. The van der Waals surface area contributed by atoms with Gasteiger partial charge in [-0.15, -0.1) is 0 Å². The Hall–Kier alpha value is -2.97. The van der Waals surface area contributed by atoms with Gasteiger partial charge in [-0.1, -0.05) is 59.9 Å². The molecule has 0 saturated heterocycles. The lowest BCUT2D eigenvalue weighted by atomic mass is 10.1. The summed E-state index contributed by atoms with van der Waals surface area (Å²) in [4.78, 5) is 12.6. The van der Waals surface area contributed by atoms with Crippen LogP contribution >= 0.6 is 34.8 Å². The first kappa shape index (κ1) is 23.7. The summed E-state index contributed by atoms with van der Waals surface area (Å²) < 4.78 is 5.90. The van der Waals surface area contributed by atoms with Crippen LogP contribution in [0.4, 0.5) is 5.69 Å². The molecule has 3 aromatic carbocycles. The van der Waals surface area contributed by atoms with Crippen LogP contribution in [0, 0.1) is 11.3 Å². The second-order valence-electron chi connectivity index (χ2n) is 6.89. The van der Waals surface area contributed by atoms with Crippen LogP contribution in [0.1, 0.15) is 23.6 Å². The maximum absolute atomic E-state index is 12.6. The molecule has 7 heteroatoms. The monoisotopic (exact) mass is 484 g/mol. The third kappa shape index (κ3) is 6.27. The van der Waals surface area contributed by atoms with Gasteiger partial charge in [0.15, 0.2) is 0 Å². The zero-order chi connectivity index (χ0) is 23.1. The lowest BCUT2D eigenvalue weighted by Gasteiger charge is -2.11. The van der Waals surface area contributed by atoms with Gasteiger partial charge in [-0.3, -0.25) is 4.79 Å². The predicted molar refractivity (Wildman–Crippen MR) is 130 cm³/mol. The van der Waals surface area contributed by atoms with Crippen molar-refractivity contribution in [2.45, 2.75) is 20.0 Å². The molecule has 32 heavy (non-hydrogen) atoms. The number of rotatable bonds is 7. The van der Waals surface area contributed by atoms with Gasteiger partial charge in [0.1, 0.15) is 24.0 Å². The van der Waals surface area contributed by atoms with Gasteiger partial charge in [0.25, 0.3) is 5.91 Å². The SMILES string of the molecule is CCc1ccc(NC(=O)/C(C#N)=C/c2cc(Cl)ccc2OCc2ccc(Cl)c(Cl)c2)cc1. The molecular weight excluding hydrogens is 467 g/mol. The van der Waals surface area contributed by atoms with Crippen molar-refractivity contribution >= 4 is 52.5 Å². The number of carbonyl (C=O) groups excluding carboxylic acids is 1. The van der Waals surface area contributed by atoms with Gasteiger partial charge >= 0.3 is 0 Å². The fraction of sp³-hybridized carbons (Fsp3) is 0.120. The maximum atomic E-state index is 12.6. The molecule has 0 heterocycles. The van der Waals surface area contributed by atoms with Gasteiger partial charge < -0.3 is 10.1 Å². The number of benzene rings is 3. The minimum absolute atomic E-state index is 0.0776. The largest absolute Gasteiger partial charge is 0.488 e. The molecule has 3 aromatic rings. The maximum Gasteiger partial charge on any atom is 0.266 e. The number of nitriles is 1. The molecule has 0 atom stereocenters. The summed E-state index contributed by atoms with van der Waals surface area (Å²) in [5.41, 5.74) is 3.01. The van der Waals surface area contributed by atoms with Gasteiger partial charge in [-0.2, -0.15) is 5.26 Å². The van der Waals surface area contributed by atoms with E-state index in [1.54, 1.807) is 48.5 Å². The van der Waals surface area contributed by atoms with Gasteiger partial charge in [0.05, 0.1) is 10.0 Å². The second kappa shape index (κ2) is 11.1. The molecule has 4 nitrogen and oxygen atoms in total. The van der Waals surface area contributed by atoms with Crippen LogP contribution in [0.2, 0.25) is 15.1 Å². The Labute approximate surface area is 202 Å². The van der Waals surface area contributed by atoms with E-state index >= 15 is 0 Å². The highest BCUT2D eigenvalue weighted by atomic mass is 35.5. The number of amides is 1. The fourth-order valence-corrected chi connectivity index (χ4v) is 3.38. The van der Waals surface area contributed by atoms with Crippen LogP contribution in [0.5, 0.6) is 5.75 Å². The van der Waals surface area contributed by atoms with Gasteiger partial charge in [-0.05, 0) is 66.1 Å². The molecule has 0 fully saturated rings. The average Bonchev–Trinajstić information content (AvgIpc) is 2.79. The third-order valence-corrected chi connectivity index (χ3v) is 5.61. The van der Waals surface area contributed by atoms with Gasteiger partial charge in [-0.25, -0.2) is 0 Å². The van der Waals surface area contributed by atoms with Crippen LogP contribution < -0.4 is 10.1 Å². The summed E-state index contributed by atoms with van der Waals surface area (Å²) in [7, 11) is 0. The number of hydrogen-bond acceptors (Lipinski definition) is 3. The Morgan fingerprint density at radius 2 is 1.72 bits per heavy atom. The van der Waals surface area contributed by atoms with Crippen molar-refractivity contribution in [1.29, 1.82) is 5.26 Å². The van der Waals surface area contributed by atoms with E-state index in [4.69, 9.17) is 39.5 Å². The van der Waals surface area contributed by atoms with Gasteiger partial charge in [0.2, 0.25) is 0 Å². The van der Waals surface area contributed by atoms with E-state index in [9.17, 15) is 10.1 Å². The molecule has 162 valence electrons. The van der Waals surface area contributed by atoms with Crippen molar-refractivity contribution in [2.24, 2.45) is 0 Å². The van der Waals surface area contributed by atoms with E-state index < -0.39 is 5.91 Å². The third-order valence-electron chi connectivity index (χ3n) is 4.64. The number of ether oxygens (including phenoxy) is 1. The zero-order valence-electron chi connectivity index (χ0n) is 17.2. The Morgan fingerprint density at radius 1 is 1.00 bits per heavy atom. The number of hydrogen-bond donors (Lipinski definition) is 1. The number of aryl methyl sites for hydroxylation is 1. The number of nitrogens with one attached hydrogen (secondary N) is 1. The van der Waals surface area contributed by atoms with Crippen LogP contribution in [0.25, 0.3) is 6.08 Å². The topological polar surface area (TPSA) is 62.1 Å². The number of nitrogens with zero attached hydrogens (tertiary/aromatic N) is 1. The van der Waals surface area contributed by atoms with Crippen molar-refractivity contribution in [3.63, 3.8) is 0 Å². The number of carbonyl (C=O) groups is 1. The van der Waals surface area contributed by atoms with Crippen LogP contribution in [0.15, 0.2) is 66.2 Å². The van der Waals surface area contributed by atoms with Crippen molar-refractivity contribution in [3.8, 4) is 11.8 Å². The molecule has 0 aliphatic rings. The lowest BCUT2D eigenvalue weighted by molar-refractivity contribution is -0.112. The van der Waals surface area contributed by atoms with E-state index in [0.29, 0.717) is 32.1 Å². The Bertz CT molecular complexity index is 1200. The highest BCUT2D eigenvalue weighted by Gasteiger charge is 2.12. The van der Waals surface area contributed by atoms with Crippen molar-refractivity contribution in [3.05, 3.63) is 98.0 Å². The van der Waals surface area contributed by atoms with Crippen LogP contribution in [0.3, 0.4) is 0 Å². The summed E-state index contributed by atoms with van der Waals surface area (Å²) in [5, 5.41) is 13.6. The molecule has 0 saturated carbocycles. The summed E-state index contributed by atoms with van der Waals surface area (Å²) in [5.74, 6) is -0.0551. The molecular formula is C25H19Cl3N2O2. The van der Waals surface area contributed by atoms with Crippen molar-refractivity contribution < 1.29 is 9.53 Å². The van der Waals surface area contributed by atoms with Gasteiger partial charge in [0, 0.05) is 16.3 Å². The molecule has 0 unspecified atom stereocenters. The molecule has 0 radical (unpaired) electrons. The summed E-state index contributed by atoms with van der Waals surface area (Å²) in [6.07, 6.45) is 2.35.